The number of fused-ring (bicyclic) bond motifs is 1. The van der Waals surface area contributed by atoms with Gasteiger partial charge in [0.1, 0.15) is 0 Å². The molecule has 1 saturated heterocycles. The Hall–Kier alpha value is -1.32. The molecule has 1 aromatic carbocycles. The normalized spacial score (nSPS) is 24.5. The van der Waals surface area contributed by atoms with Crippen molar-refractivity contribution in [3.63, 3.8) is 0 Å². The fourth-order valence-corrected chi connectivity index (χ4v) is 2.55. The van der Waals surface area contributed by atoms with E-state index in [-0.39, 0.29) is 0 Å². The minimum absolute atomic E-state index is 0.334. The summed E-state index contributed by atoms with van der Waals surface area (Å²) >= 11 is 0. The molecule has 1 fully saturated rings. The highest BCUT2D eigenvalue weighted by Gasteiger charge is 2.23. The molecule has 0 bridgehead atoms. The van der Waals surface area contributed by atoms with Gasteiger partial charge >= 0.3 is 0 Å². The third kappa shape index (κ3) is 2.08. The van der Waals surface area contributed by atoms with Crippen molar-refractivity contribution in [2.75, 3.05) is 6.61 Å². The summed E-state index contributed by atoms with van der Waals surface area (Å²) < 4.78 is 5.56. The van der Waals surface area contributed by atoms with E-state index in [1.54, 1.807) is 0 Å². The molecule has 0 saturated carbocycles. The second-order valence-corrected chi connectivity index (χ2v) is 4.71. The van der Waals surface area contributed by atoms with Crippen molar-refractivity contribution >= 4 is 10.9 Å². The maximum atomic E-state index is 5.56. The van der Waals surface area contributed by atoms with Gasteiger partial charge in [0.2, 0.25) is 0 Å². The maximum Gasteiger partial charge on any atom is 0.0700 e. The third-order valence-electron chi connectivity index (χ3n) is 3.62. The molecule has 3 nitrogen and oxygen atoms in total. The molecule has 2 atom stereocenters. The van der Waals surface area contributed by atoms with Crippen LogP contribution in [0.5, 0.6) is 0 Å². The number of H-pyrrole nitrogens is 1. The van der Waals surface area contributed by atoms with E-state index in [4.69, 9.17) is 4.74 Å². The predicted molar refractivity (Wildman–Crippen MR) is 69.0 cm³/mol. The Bertz CT molecular complexity index is 506. The van der Waals surface area contributed by atoms with Crippen LogP contribution in [0.4, 0.5) is 0 Å². The molecule has 90 valence electrons. The van der Waals surface area contributed by atoms with Crippen molar-refractivity contribution < 1.29 is 4.74 Å². The van der Waals surface area contributed by atoms with Crippen LogP contribution < -0.4 is 5.32 Å². The quantitative estimate of drug-likeness (QED) is 0.849. The molecule has 17 heavy (non-hydrogen) atoms. The lowest BCUT2D eigenvalue weighted by molar-refractivity contribution is 0.113. The van der Waals surface area contributed by atoms with Gasteiger partial charge in [0.15, 0.2) is 0 Å². The summed E-state index contributed by atoms with van der Waals surface area (Å²) in [6.45, 7) is 3.93. The molecule has 3 rings (SSSR count). The lowest BCUT2D eigenvalue weighted by Gasteiger charge is -2.16. The van der Waals surface area contributed by atoms with Gasteiger partial charge in [-0.15, -0.1) is 0 Å². The summed E-state index contributed by atoms with van der Waals surface area (Å²) in [5.41, 5.74) is 2.56. The summed E-state index contributed by atoms with van der Waals surface area (Å²) in [4.78, 5) is 3.24. The van der Waals surface area contributed by atoms with Crippen LogP contribution in [0.3, 0.4) is 0 Å². The van der Waals surface area contributed by atoms with Gasteiger partial charge in [-0.2, -0.15) is 0 Å². The summed E-state index contributed by atoms with van der Waals surface area (Å²) in [6, 6.07) is 9.03. The monoisotopic (exact) mass is 230 g/mol. The predicted octanol–water partition coefficient (Wildman–Crippen LogP) is 2.43. The van der Waals surface area contributed by atoms with Gasteiger partial charge in [0, 0.05) is 36.3 Å². The summed E-state index contributed by atoms with van der Waals surface area (Å²) in [5, 5.41) is 4.90. The Morgan fingerprint density at radius 2 is 2.35 bits per heavy atom. The zero-order chi connectivity index (χ0) is 11.7. The smallest absolute Gasteiger partial charge is 0.0700 e. The van der Waals surface area contributed by atoms with E-state index in [1.807, 2.05) is 6.20 Å². The molecule has 2 N–H and O–H groups in total. The largest absolute Gasteiger partial charge is 0.377 e. The van der Waals surface area contributed by atoms with Crippen LogP contribution in [0, 0.1) is 0 Å². The molecule has 0 amide bonds. The second-order valence-electron chi connectivity index (χ2n) is 4.71. The Kier molecular flexibility index (Phi) is 2.87. The van der Waals surface area contributed by atoms with Crippen molar-refractivity contribution in [2.24, 2.45) is 0 Å². The van der Waals surface area contributed by atoms with E-state index < -0.39 is 0 Å². The van der Waals surface area contributed by atoms with Gasteiger partial charge in [-0.1, -0.05) is 12.1 Å². The fourth-order valence-electron chi connectivity index (χ4n) is 2.55. The zero-order valence-corrected chi connectivity index (χ0v) is 10.1. The van der Waals surface area contributed by atoms with Crippen LogP contribution >= 0.6 is 0 Å². The first-order valence-corrected chi connectivity index (χ1v) is 6.24. The van der Waals surface area contributed by atoms with Crippen molar-refractivity contribution in [1.29, 1.82) is 0 Å². The first-order chi connectivity index (χ1) is 8.34. The van der Waals surface area contributed by atoms with Gasteiger partial charge in [-0.05, 0) is 31.0 Å². The number of aromatic amines is 1. The molecule has 2 heterocycles. The minimum Gasteiger partial charge on any atom is -0.377 e. The molecule has 2 unspecified atom stereocenters. The molecule has 3 heteroatoms. The topological polar surface area (TPSA) is 37.0 Å². The molecular formula is C14H18N2O. The average molecular weight is 230 g/mol. The second kappa shape index (κ2) is 4.51. The molecule has 1 aromatic heterocycles. The van der Waals surface area contributed by atoms with Crippen LogP contribution in [0.1, 0.15) is 18.9 Å². The third-order valence-corrected chi connectivity index (χ3v) is 3.62. The number of ether oxygens (including phenoxy) is 1. The van der Waals surface area contributed by atoms with Crippen LogP contribution in [0.15, 0.2) is 30.5 Å². The number of nitrogens with one attached hydrogen (secondary N) is 2. The van der Waals surface area contributed by atoms with E-state index in [0.29, 0.717) is 12.1 Å². The highest BCUT2D eigenvalue weighted by Crippen LogP contribution is 2.19. The summed E-state index contributed by atoms with van der Waals surface area (Å²) in [6.07, 6.45) is 3.44. The highest BCUT2D eigenvalue weighted by atomic mass is 16.5. The van der Waals surface area contributed by atoms with Gasteiger partial charge in [0.05, 0.1) is 6.10 Å². The van der Waals surface area contributed by atoms with Crippen molar-refractivity contribution in [2.45, 2.75) is 32.0 Å². The first-order valence-electron chi connectivity index (χ1n) is 6.24. The SMILES string of the molecule is CC1OCCC1NCc1cccc2[nH]ccc12. The van der Waals surface area contributed by atoms with Gasteiger partial charge in [-0.25, -0.2) is 0 Å². The van der Waals surface area contributed by atoms with E-state index in [0.717, 1.165) is 19.6 Å². The summed E-state index contributed by atoms with van der Waals surface area (Å²) in [7, 11) is 0. The number of rotatable bonds is 3. The maximum absolute atomic E-state index is 5.56. The molecule has 0 aliphatic carbocycles. The Morgan fingerprint density at radius 3 is 3.18 bits per heavy atom. The Morgan fingerprint density at radius 1 is 1.41 bits per heavy atom. The molecule has 1 aliphatic heterocycles. The van der Waals surface area contributed by atoms with Crippen molar-refractivity contribution in [3.05, 3.63) is 36.0 Å². The fraction of sp³-hybridized carbons (Fsp3) is 0.429. The molecular weight excluding hydrogens is 212 g/mol. The lowest BCUT2D eigenvalue weighted by Crippen LogP contribution is -2.34. The Labute approximate surface area is 101 Å². The van der Waals surface area contributed by atoms with Crippen LogP contribution in [0.2, 0.25) is 0 Å². The molecule has 2 aromatic rings. The minimum atomic E-state index is 0.334. The lowest BCUT2D eigenvalue weighted by atomic mass is 10.1. The number of hydrogen-bond donors (Lipinski definition) is 2. The van der Waals surface area contributed by atoms with Gasteiger partial charge < -0.3 is 15.0 Å². The van der Waals surface area contributed by atoms with Crippen LogP contribution in [-0.2, 0) is 11.3 Å². The highest BCUT2D eigenvalue weighted by molar-refractivity contribution is 5.82. The van der Waals surface area contributed by atoms with Crippen LogP contribution in [0.25, 0.3) is 10.9 Å². The van der Waals surface area contributed by atoms with E-state index in [2.05, 4.69) is 41.5 Å². The van der Waals surface area contributed by atoms with Crippen molar-refractivity contribution in [1.82, 2.24) is 10.3 Å². The van der Waals surface area contributed by atoms with Crippen molar-refractivity contribution in [3.8, 4) is 0 Å². The zero-order valence-electron chi connectivity index (χ0n) is 10.1. The molecule has 1 aliphatic rings. The van der Waals surface area contributed by atoms with E-state index >= 15 is 0 Å². The molecule has 0 radical (unpaired) electrons. The standard InChI is InChI=1S/C14H18N2O/c1-10-13(6-8-17-10)16-9-11-3-2-4-14-12(11)5-7-15-14/h2-5,7,10,13,15-16H,6,8-9H2,1H3. The average Bonchev–Trinajstić information content (AvgIpc) is 2.95. The number of benzene rings is 1. The van der Waals surface area contributed by atoms with Crippen LogP contribution in [-0.4, -0.2) is 23.7 Å². The Balaban J connectivity index is 1.74. The molecule has 0 spiro atoms. The van der Waals surface area contributed by atoms with E-state index in [9.17, 15) is 0 Å². The first kappa shape index (κ1) is 10.8. The van der Waals surface area contributed by atoms with Gasteiger partial charge in [0.25, 0.3) is 0 Å². The number of hydrogen-bond acceptors (Lipinski definition) is 2. The van der Waals surface area contributed by atoms with Gasteiger partial charge in [-0.3, -0.25) is 0 Å². The number of aromatic nitrogens is 1. The summed E-state index contributed by atoms with van der Waals surface area (Å²) in [5.74, 6) is 0. The van der Waals surface area contributed by atoms with E-state index in [1.165, 1.54) is 16.5 Å².